The SMILES string of the molecule is CC(NC(=O)c1ccc(Cl)c(S(=O)(=O)NCC2CCCO2)c1)c1nc2ccccc2[nH]1. The minimum absolute atomic E-state index is 0.0433. The van der Waals surface area contributed by atoms with Gasteiger partial charge in [0, 0.05) is 18.7 Å². The smallest absolute Gasteiger partial charge is 0.251 e. The van der Waals surface area contributed by atoms with Crippen LogP contribution in [0.25, 0.3) is 11.0 Å². The van der Waals surface area contributed by atoms with Crippen LogP contribution in [-0.4, -0.2) is 43.5 Å². The van der Waals surface area contributed by atoms with Crippen molar-refractivity contribution in [1.82, 2.24) is 20.0 Å². The lowest BCUT2D eigenvalue weighted by Crippen LogP contribution is -2.32. The number of fused-ring (bicyclic) bond motifs is 1. The molecule has 2 heterocycles. The maximum absolute atomic E-state index is 12.8. The van der Waals surface area contributed by atoms with E-state index in [1.165, 1.54) is 18.2 Å². The second-order valence-corrected chi connectivity index (χ2v) is 9.61. The first-order valence-electron chi connectivity index (χ1n) is 10.00. The van der Waals surface area contributed by atoms with E-state index in [1.54, 1.807) is 6.92 Å². The molecular weight excluding hydrogens is 440 g/mol. The van der Waals surface area contributed by atoms with E-state index in [1.807, 2.05) is 24.3 Å². The lowest BCUT2D eigenvalue weighted by atomic mass is 10.2. The summed E-state index contributed by atoms with van der Waals surface area (Å²) in [5, 5.41) is 2.88. The summed E-state index contributed by atoms with van der Waals surface area (Å²) < 4.78 is 33.4. The van der Waals surface area contributed by atoms with Crippen molar-refractivity contribution in [3.63, 3.8) is 0 Å². The van der Waals surface area contributed by atoms with Gasteiger partial charge in [-0.05, 0) is 50.1 Å². The molecule has 164 valence electrons. The molecule has 0 radical (unpaired) electrons. The number of aromatic amines is 1. The molecule has 0 saturated carbocycles. The van der Waals surface area contributed by atoms with E-state index in [0.717, 1.165) is 23.9 Å². The van der Waals surface area contributed by atoms with Crippen LogP contribution >= 0.6 is 11.6 Å². The molecule has 0 bridgehead atoms. The van der Waals surface area contributed by atoms with Crippen LogP contribution in [0.4, 0.5) is 0 Å². The lowest BCUT2D eigenvalue weighted by molar-refractivity contribution is 0.0938. The zero-order valence-corrected chi connectivity index (χ0v) is 18.5. The van der Waals surface area contributed by atoms with Crippen LogP contribution in [0.3, 0.4) is 0 Å². The fourth-order valence-corrected chi connectivity index (χ4v) is 5.05. The summed E-state index contributed by atoms with van der Waals surface area (Å²) in [6.07, 6.45) is 1.56. The van der Waals surface area contributed by atoms with Crippen molar-refractivity contribution in [2.24, 2.45) is 0 Å². The number of nitrogens with zero attached hydrogens (tertiary/aromatic N) is 1. The van der Waals surface area contributed by atoms with Gasteiger partial charge in [-0.1, -0.05) is 23.7 Å². The van der Waals surface area contributed by atoms with Crippen LogP contribution in [0.2, 0.25) is 5.02 Å². The average molecular weight is 463 g/mol. The number of benzene rings is 2. The van der Waals surface area contributed by atoms with E-state index in [9.17, 15) is 13.2 Å². The number of para-hydroxylation sites is 2. The van der Waals surface area contributed by atoms with Crippen molar-refractivity contribution in [3.8, 4) is 0 Å². The third-order valence-corrected chi connectivity index (χ3v) is 7.08. The topological polar surface area (TPSA) is 113 Å². The molecule has 1 aliphatic rings. The number of rotatable bonds is 7. The van der Waals surface area contributed by atoms with Crippen LogP contribution < -0.4 is 10.0 Å². The summed E-state index contributed by atoms with van der Waals surface area (Å²) in [6.45, 7) is 2.59. The van der Waals surface area contributed by atoms with Gasteiger partial charge in [0.15, 0.2) is 0 Å². The second kappa shape index (κ2) is 8.96. The number of ether oxygens (including phenoxy) is 1. The van der Waals surface area contributed by atoms with Crippen molar-refractivity contribution in [2.45, 2.75) is 36.8 Å². The van der Waals surface area contributed by atoms with Crippen molar-refractivity contribution < 1.29 is 17.9 Å². The first kappa shape index (κ1) is 21.8. The molecule has 0 aliphatic carbocycles. The van der Waals surface area contributed by atoms with Crippen LogP contribution in [0.5, 0.6) is 0 Å². The van der Waals surface area contributed by atoms with Gasteiger partial charge in [-0.25, -0.2) is 18.1 Å². The van der Waals surface area contributed by atoms with Crippen molar-refractivity contribution in [2.75, 3.05) is 13.2 Å². The minimum Gasteiger partial charge on any atom is -0.377 e. The fourth-order valence-electron chi connectivity index (χ4n) is 3.46. The summed E-state index contributed by atoms with van der Waals surface area (Å²) in [5.74, 6) is 0.176. The normalized spacial score (nSPS) is 17.7. The number of halogens is 1. The van der Waals surface area contributed by atoms with Gasteiger partial charge in [-0.15, -0.1) is 0 Å². The summed E-state index contributed by atoms with van der Waals surface area (Å²) in [6, 6.07) is 11.3. The maximum Gasteiger partial charge on any atom is 0.251 e. The number of nitrogens with one attached hydrogen (secondary N) is 3. The monoisotopic (exact) mass is 462 g/mol. The van der Waals surface area contributed by atoms with Crippen molar-refractivity contribution in [1.29, 1.82) is 0 Å². The summed E-state index contributed by atoms with van der Waals surface area (Å²) in [4.78, 5) is 20.3. The highest BCUT2D eigenvalue weighted by atomic mass is 35.5. The van der Waals surface area contributed by atoms with E-state index in [2.05, 4.69) is 20.0 Å². The zero-order chi connectivity index (χ0) is 22.0. The molecule has 1 saturated heterocycles. The first-order chi connectivity index (χ1) is 14.8. The molecule has 1 aliphatic heterocycles. The highest BCUT2D eigenvalue weighted by Gasteiger charge is 2.24. The van der Waals surface area contributed by atoms with Gasteiger partial charge in [-0.3, -0.25) is 4.79 Å². The van der Waals surface area contributed by atoms with Gasteiger partial charge in [0.05, 0.1) is 28.2 Å². The molecule has 8 nitrogen and oxygen atoms in total. The summed E-state index contributed by atoms with van der Waals surface area (Å²) >= 11 is 6.13. The van der Waals surface area contributed by atoms with E-state index in [0.29, 0.717) is 12.4 Å². The van der Waals surface area contributed by atoms with E-state index in [-0.39, 0.29) is 28.1 Å². The second-order valence-electron chi connectivity index (χ2n) is 7.47. The maximum atomic E-state index is 12.8. The Kier molecular flexibility index (Phi) is 6.29. The number of H-pyrrole nitrogens is 1. The van der Waals surface area contributed by atoms with Gasteiger partial charge >= 0.3 is 0 Å². The van der Waals surface area contributed by atoms with Gasteiger partial charge in [-0.2, -0.15) is 0 Å². The number of aromatic nitrogens is 2. The molecule has 31 heavy (non-hydrogen) atoms. The highest BCUT2D eigenvalue weighted by Crippen LogP contribution is 2.24. The van der Waals surface area contributed by atoms with Crippen molar-refractivity contribution >= 4 is 38.6 Å². The molecule has 4 rings (SSSR count). The van der Waals surface area contributed by atoms with Gasteiger partial charge < -0.3 is 15.0 Å². The molecule has 3 aromatic rings. The Bertz CT molecular complexity index is 1170. The molecule has 2 atom stereocenters. The standard InChI is InChI=1S/C21H23ClN4O4S/c1-13(20-25-17-6-2-3-7-18(17)26-20)24-21(27)14-8-9-16(22)19(11-14)31(28,29)23-12-15-5-4-10-30-15/h2-3,6-9,11,13,15,23H,4-5,10,12H2,1H3,(H,24,27)(H,25,26). The van der Waals surface area contributed by atoms with Crippen LogP contribution in [0.15, 0.2) is 47.4 Å². The predicted molar refractivity (Wildman–Crippen MR) is 118 cm³/mol. The lowest BCUT2D eigenvalue weighted by Gasteiger charge is -2.14. The number of imidazole rings is 1. The third kappa shape index (κ3) is 4.90. The Balaban J connectivity index is 1.49. The first-order valence-corrected chi connectivity index (χ1v) is 11.9. The molecule has 10 heteroatoms. The number of hydrogen-bond acceptors (Lipinski definition) is 5. The number of hydrogen-bond donors (Lipinski definition) is 3. The predicted octanol–water partition coefficient (Wildman–Crippen LogP) is 3.16. The Labute approximate surface area is 185 Å². The Morgan fingerprint density at radius 3 is 2.87 bits per heavy atom. The Morgan fingerprint density at radius 1 is 1.32 bits per heavy atom. The Morgan fingerprint density at radius 2 is 2.13 bits per heavy atom. The van der Waals surface area contributed by atoms with Crippen LogP contribution in [0.1, 0.15) is 42.0 Å². The Hall–Kier alpha value is -2.46. The molecule has 2 unspecified atom stereocenters. The van der Waals surface area contributed by atoms with Crippen LogP contribution in [-0.2, 0) is 14.8 Å². The van der Waals surface area contributed by atoms with Crippen LogP contribution in [0, 0.1) is 0 Å². The molecule has 3 N–H and O–H groups in total. The number of sulfonamides is 1. The highest BCUT2D eigenvalue weighted by molar-refractivity contribution is 7.89. The molecular formula is C21H23ClN4O4S. The molecule has 0 spiro atoms. The molecule has 1 aromatic heterocycles. The van der Waals surface area contributed by atoms with Crippen molar-refractivity contribution in [3.05, 3.63) is 58.9 Å². The quantitative estimate of drug-likeness (QED) is 0.499. The molecule has 1 fully saturated rings. The van der Waals surface area contributed by atoms with E-state index >= 15 is 0 Å². The van der Waals surface area contributed by atoms with Gasteiger partial charge in [0.1, 0.15) is 10.7 Å². The van der Waals surface area contributed by atoms with Gasteiger partial charge in [0.2, 0.25) is 10.0 Å². The zero-order valence-electron chi connectivity index (χ0n) is 16.9. The number of carbonyl (C=O) groups excluding carboxylic acids is 1. The van der Waals surface area contributed by atoms with Gasteiger partial charge in [0.25, 0.3) is 5.91 Å². The van der Waals surface area contributed by atoms with E-state index < -0.39 is 22.0 Å². The average Bonchev–Trinajstić information content (AvgIpc) is 3.42. The fraction of sp³-hybridized carbons (Fsp3) is 0.333. The third-order valence-electron chi connectivity index (χ3n) is 5.17. The summed E-state index contributed by atoms with van der Waals surface area (Å²) in [5.41, 5.74) is 1.86. The largest absolute Gasteiger partial charge is 0.377 e. The molecule has 1 amide bonds. The van der Waals surface area contributed by atoms with E-state index in [4.69, 9.17) is 16.3 Å². The molecule has 2 aromatic carbocycles. The number of amides is 1. The summed E-state index contributed by atoms with van der Waals surface area (Å²) in [7, 11) is -3.89. The number of carbonyl (C=O) groups is 1. The minimum atomic E-state index is -3.89.